The fourth-order valence-electron chi connectivity index (χ4n) is 2.09. The summed E-state index contributed by atoms with van der Waals surface area (Å²) in [7, 11) is 0. The van der Waals surface area contributed by atoms with Crippen molar-refractivity contribution in [1.82, 2.24) is 0 Å². The van der Waals surface area contributed by atoms with Crippen molar-refractivity contribution in [3.8, 4) is 6.07 Å². The maximum absolute atomic E-state index is 12.5. The average Bonchev–Trinajstić information content (AvgIpc) is 2.35. The second kappa shape index (κ2) is 6.34. The topological polar surface area (TPSA) is 23.8 Å². The molecule has 92 valence electrons. The van der Waals surface area contributed by atoms with Crippen LogP contribution in [0.25, 0.3) is 0 Å². The smallest absolute Gasteiger partial charge is 0.205 e. The van der Waals surface area contributed by atoms with Gasteiger partial charge in [0, 0.05) is 5.56 Å². The van der Waals surface area contributed by atoms with Gasteiger partial charge in [-0.15, -0.1) is 0 Å². The molecule has 0 amide bonds. The van der Waals surface area contributed by atoms with Crippen LogP contribution in [0.5, 0.6) is 0 Å². The molecule has 1 rings (SSSR count). The number of hydrogen-bond acceptors (Lipinski definition) is 1. The lowest BCUT2D eigenvalue weighted by atomic mass is 9.88. The molecule has 1 unspecified atom stereocenters. The van der Waals surface area contributed by atoms with Crippen molar-refractivity contribution < 1.29 is 8.78 Å². The van der Waals surface area contributed by atoms with E-state index in [4.69, 9.17) is 5.26 Å². The summed E-state index contributed by atoms with van der Waals surface area (Å²) in [6.45, 7) is 4.14. The normalized spacial score (nSPS) is 12.5. The van der Waals surface area contributed by atoms with Gasteiger partial charge in [-0.1, -0.05) is 32.4 Å². The summed E-state index contributed by atoms with van der Waals surface area (Å²) in [5.41, 5.74) is 1.22. The highest BCUT2D eigenvalue weighted by molar-refractivity contribution is 5.43. The van der Waals surface area contributed by atoms with Crippen LogP contribution in [-0.2, 0) is 0 Å². The van der Waals surface area contributed by atoms with Gasteiger partial charge in [0.15, 0.2) is 0 Å². The van der Waals surface area contributed by atoms with Crippen molar-refractivity contribution in [2.75, 3.05) is 0 Å². The number of halogens is 2. The molecule has 1 aromatic carbocycles. The monoisotopic (exact) mass is 237 g/mol. The zero-order valence-corrected chi connectivity index (χ0v) is 10.2. The molecule has 17 heavy (non-hydrogen) atoms. The highest BCUT2D eigenvalue weighted by Crippen LogP contribution is 2.30. The highest BCUT2D eigenvalue weighted by atomic mass is 19.3. The fourth-order valence-corrected chi connectivity index (χ4v) is 2.09. The standard InChI is InChI=1S/C14H17F2N/c1-3-5-10(4-2)13-7-6-11(14(15)16)8-12(13)9-17/h6-8,10,14H,3-5H2,1-2H3. The minimum absolute atomic E-state index is 0.0725. The number of rotatable bonds is 5. The summed E-state index contributed by atoms with van der Waals surface area (Å²) in [5.74, 6) is 0.293. The molecule has 0 aliphatic carbocycles. The van der Waals surface area contributed by atoms with E-state index in [1.54, 1.807) is 6.07 Å². The minimum atomic E-state index is -2.51. The first-order valence-corrected chi connectivity index (χ1v) is 5.96. The van der Waals surface area contributed by atoms with Crippen molar-refractivity contribution in [3.05, 3.63) is 34.9 Å². The van der Waals surface area contributed by atoms with Crippen LogP contribution in [0, 0.1) is 11.3 Å². The van der Waals surface area contributed by atoms with Crippen LogP contribution < -0.4 is 0 Å². The Labute approximate surface area is 101 Å². The number of benzene rings is 1. The second-order valence-corrected chi connectivity index (χ2v) is 4.15. The molecule has 0 saturated heterocycles. The lowest BCUT2D eigenvalue weighted by molar-refractivity contribution is 0.151. The molecule has 3 heteroatoms. The van der Waals surface area contributed by atoms with E-state index in [9.17, 15) is 8.78 Å². The van der Waals surface area contributed by atoms with Gasteiger partial charge in [-0.05, 0) is 30.4 Å². The molecule has 1 nitrogen and oxygen atoms in total. The van der Waals surface area contributed by atoms with Gasteiger partial charge in [0.05, 0.1) is 11.6 Å². The van der Waals surface area contributed by atoms with E-state index < -0.39 is 6.43 Å². The summed E-state index contributed by atoms with van der Waals surface area (Å²) in [5, 5.41) is 9.04. The van der Waals surface area contributed by atoms with Crippen molar-refractivity contribution in [3.63, 3.8) is 0 Å². The molecule has 0 saturated carbocycles. The predicted molar refractivity (Wildman–Crippen MR) is 64.1 cm³/mol. The third kappa shape index (κ3) is 3.26. The molecule has 0 radical (unpaired) electrons. The van der Waals surface area contributed by atoms with E-state index >= 15 is 0 Å². The first-order valence-electron chi connectivity index (χ1n) is 5.96. The number of alkyl halides is 2. The number of nitriles is 1. The molecule has 0 heterocycles. The van der Waals surface area contributed by atoms with Gasteiger partial charge in [-0.2, -0.15) is 5.26 Å². The third-order valence-corrected chi connectivity index (χ3v) is 3.02. The molecule has 0 bridgehead atoms. The third-order valence-electron chi connectivity index (χ3n) is 3.02. The Morgan fingerprint density at radius 3 is 2.47 bits per heavy atom. The van der Waals surface area contributed by atoms with Crippen LogP contribution in [0.3, 0.4) is 0 Å². The maximum Gasteiger partial charge on any atom is 0.263 e. The van der Waals surface area contributed by atoms with Gasteiger partial charge in [0.2, 0.25) is 0 Å². The van der Waals surface area contributed by atoms with Crippen LogP contribution in [0.15, 0.2) is 18.2 Å². The zero-order chi connectivity index (χ0) is 12.8. The molecule has 0 N–H and O–H groups in total. The summed E-state index contributed by atoms with van der Waals surface area (Å²) in [4.78, 5) is 0. The Morgan fingerprint density at radius 1 is 1.29 bits per heavy atom. The van der Waals surface area contributed by atoms with Crippen LogP contribution in [-0.4, -0.2) is 0 Å². The molecular weight excluding hydrogens is 220 g/mol. The van der Waals surface area contributed by atoms with E-state index in [-0.39, 0.29) is 5.56 Å². The average molecular weight is 237 g/mol. The van der Waals surface area contributed by atoms with E-state index in [2.05, 4.69) is 13.8 Å². The van der Waals surface area contributed by atoms with E-state index in [0.29, 0.717) is 11.5 Å². The lowest BCUT2D eigenvalue weighted by Crippen LogP contribution is -2.01. The zero-order valence-electron chi connectivity index (χ0n) is 10.2. The maximum atomic E-state index is 12.5. The summed E-state index contributed by atoms with van der Waals surface area (Å²) in [6.07, 6.45) is 0.429. The van der Waals surface area contributed by atoms with Gasteiger partial charge in [0.1, 0.15) is 0 Å². The van der Waals surface area contributed by atoms with Gasteiger partial charge in [0.25, 0.3) is 6.43 Å². The Balaban J connectivity index is 3.12. The molecule has 0 aromatic heterocycles. The first-order chi connectivity index (χ1) is 8.13. The predicted octanol–water partition coefficient (Wildman–Crippen LogP) is 4.79. The van der Waals surface area contributed by atoms with Crippen LogP contribution in [0.2, 0.25) is 0 Å². The van der Waals surface area contributed by atoms with Crippen molar-refractivity contribution in [2.24, 2.45) is 0 Å². The Morgan fingerprint density at radius 2 is 2.00 bits per heavy atom. The number of nitrogens with zero attached hydrogens (tertiary/aromatic N) is 1. The van der Waals surface area contributed by atoms with Crippen molar-refractivity contribution in [1.29, 1.82) is 5.26 Å². The second-order valence-electron chi connectivity index (χ2n) is 4.15. The molecular formula is C14H17F2N. The van der Waals surface area contributed by atoms with E-state index in [1.165, 1.54) is 12.1 Å². The molecule has 1 aromatic rings. The number of hydrogen-bond donors (Lipinski definition) is 0. The summed E-state index contributed by atoms with van der Waals surface area (Å²) in [6, 6.07) is 6.46. The quantitative estimate of drug-likeness (QED) is 0.722. The highest BCUT2D eigenvalue weighted by Gasteiger charge is 2.15. The molecule has 0 aliphatic rings. The Hall–Kier alpha value is -1.43. The Kier molecular flexibility index (Phi) is 5.09. The van der Waals surface area contributed by atoms with Crippen molar-refractivity contribution in [2.45, 2.75) is 45.5 Å². The van der Waals surface area contributed by atoms with Crippen molar-refractivity contribution >= 4 is 0 Å². The fraction of sp³-hybridized carbons (Fsp3) is 0.500. The molecule has 0 fully saturated rings. The van der Waals surface area contributed by atoms with Gasteiger partial charge < -0.3 is 0 Å². The first kappa shape index (κ1) is 13.6. The molecule has 0 spiro atoms. The van der Waals surface area contributed by atoms with E-state index in [1.807, 2.05) is 6.07 Å². The van der Waals surface area contributed by atoms with Gasteiger partial charge >= 0.3 is 0 Å². The molecule has 1 atom stereocenters. The van der Waals surface area contributed by atoms with Gasteiger partial charge in [-0.3, -0.25) is 0 Å². The minimum Gasteiger partial charge on any atom is -0.205 e. The largest absolute Gasteiger partial charge is 0.263 e. The Bertz CT molecular complexity index is 407. The lowest BCUT2D eigenvalue weighted by Gasteiger charge is -2.16. The van der Waals surface area contributed by atoms with Crippen LogP contribution in [0.1, 0.15) is 62.1 Å². The SMILES string of the molecule is CCCC(CC)c1ccc(C(F)F)cc1C#N. The molecule has 0 aliphatic heterocycles. The summed E-state index contributed by atoms with van der Waals surface area (Å²) >= 11 is 0. The van der Waals surface area contributed by atoms with Crippen LogP contribution >= 0.6 is 0 Å². The van der Waals surface area contributed by atoms with E-state index in [0.717, 1.165) is 24.8 Å². The van der Waals surface area contributed by atoms with Crippen LogP contribution in [0.4, 0.5) is 8.78 Å². The summed E-state index contributed by atoms with van der Waals surface area (Å²) < 4.78 is 25.1. The van der Waals surface area contributed by atoms with Gasteiger partial charge in [-0.25, -0.2) is 8.78 Å².